The van der Waals surface area contributed by atoms with Crippen LogP contribution in [-0.4, -0.2) is 37.6 Å². The van der Waals surface area contributed by atoms with Crippen molar-refractivity contribution in [2.45, 2.75) is 30.5 Å². The van der Waals surface area contributed by atoms with E-state index in [0.29, 0.717) is 28.7 Å². The van der Waals surface area contributed by atoms with Gasteiger partial charge in [0.05, 0.1) is 23.9 Å². The smallest absolute Gasteiger partial charge is 0.319 e. The minimum Gasteiger partial charge on any atom is -0.465 e. The minimum absolute atomic E-state index is 0.230. The second-order valence-electron chi connectivity index (χ2n) is 5.22. The van der Waals surface area contributed by atoms with Crippen LogP contribution < -0.4 is 0 Å². The number of halogens is 1. The van der Waals surface area contributed by atoms with E-state index < -0.39 is 0 Å². The molecule has 130 valence electrons. The fraction of sp³-hybridized carbons (Fsp3) is 0.294. The van der Waals surface area contributed by atoms with E-state index >= 15 is 0 Å². The number of fused-ring (bicyclic) bond motifs is 1. The molecule has 1 atom stereocenters. The summed E-state index contributed by atoms with van der Waals surface area (Å²) in [5.41, 5.74) is 1.53. The highest BCUT2D eigenvalue weighted by Gasteiger charge is 2.22. The largest absolute Gasteiger partial charge is 0.465 e. The van der Waals surface area contributed by atoms with Gasteiger partial charge in [0.1, 0.15) is 16.6 Å². The maximum atomic E-state index is 12.1. The van der Waals surface area contributed by atoms with Crippen molar-refractivity contribution in [1.82, 2.24) is 19.7 Å². The number of benzene rings is 1. The molecular formula is C17H17ClN4O2S. The fourth-order valence-corrected chi connectivity index (χ4v) is 3.46. The number of esters is 1. The highest BCUT2D eigenvalue weighted by atomic mass is 35.5. The van der Waals surface area contributed by atoms with Crippen molar-refractivity contribution < 1.29 is 9.53 Å². The van der Waals surface area contributed by atoms with Gasteiger partial charge in [0, 0.05) is 5.02 Å². The zero-order valence-electron chi connectivity index (χ0n) is 13.8. The van der Waals surface area contributed by atoms with Crippen LogP contribution in [0.2, 0.25) is 5.02 Å². The van der Waals surface area contributed by atoms with Gasteiger partial charge >= 0.3 is 5.97 Å². The summed E-state index contributed by atoms with van der Waals surface area (Å²) in [5, 5.41) is 6.27. The first kappa shape index (κ1) is 17.7. The maximum absolute atomic E-state index is 12.1. The molecule has 1 unspecified atom stereocenters. The molecule has 3 rings (SSSR count). The van der Waals surface area contributed by atoms with Crippen molar-refractivity contribution >= 4 is 40.4 Å². The van der Waals surface area contributed by atoms with Gasteiger partial charge in [-0.2, -0.15) is 5.10 Å². The average molecular weight is 377 g/mol. The fourth-order valence-electron chi connectivity index (χ4n) is 2.36. The Kier molecular flexibility index (Phi) is 5.55. The summed E-state index contributed by atoms with van der Waals surface area (Å²) in [7, 11) is 0. The van der Waals surface area contributed by atoms with E-state index in [1.165, 1.54) is 18.1 Å². The summed E-state index contributed by atoms with van der Waals surface area (Å²) in [4.78, 5) is 20.7. The Morgan fingerprint density at radius 3 is 2.72 bits per heavy atom. The van der Waals surface area contributed by atoms with E-state index in [9.17, 15) is 4.79 Å². The molecule has 0 spiro atoms. The second kappa shape index (κ2) is 7.84. The molecule has 1 aromatic carbocycles. The summed E-state index contributed by atoms with van der Waals surface area (Å²) < 4.78 is 6.85. The molecular weight excluding hydrogens is 360 g/mol. The van der Waals surface area contributed by atoms with E-state index in [0.717, 1.165) is 11.1 Å². The lowest BCUT2D eigenvalue weighted by Crippen LogP contribution is -2.19. The Bertz CT molecular complexity index is 882. The first-order valence-electron chi connectivity index (χ1n) is 7.92. The summed E-state index contributed by atoms with van der Waals surface area (Å²) in [6.45, 7) is 4.11. The predicted octanol–water partition coefficient (Wildman–Crippen LogP) is 3.90. The van der Waals surface area contributed by atoms with Crippen molar-refractivity contribution in [2.75, 3.05) is 6.61 Å². The first-order valence-corrected chi connectivity index (χ1v) is 9.17. The van der Waals surface area contributed by atoms with Gasteiger partial charge in [0.25, 0.3) is 0 Å². The van der Waals surface area contributed by atoms with Gasteiger partial charge in [-0.15, -0.1) is 0 Å². The Hall–Kier alpha value is -2.12. The number of ether oxygens (including phenoxy) is 1. The van der Waals surface area contributed by atoms with Crippen molar-refractivity contribution in [1.29, 1.82) is 0 Å². The molecule has 0 bridgehead atoms. The number of hydrogen-bond donors (Lipinski definition) is 0. The average Bonchev–Trinajstić information content (AvgIpc) is 3.05. The van der Waals surface area contributed by atoms with Crippen LogP contribution >= 0.6 is 23.4 Å². The van der Waals surface area contributed by atoms with Gasteiger partial charge in [-0.3, -0.25) is 4.79 Å². The molecule has 0 aliphatic rings. The molecule has 25 heavy (non-hydrogen) atoms. The van der Waals surface area contributed by atoms with Crippen molar-refractivity contribution in [3.8, 4) is 5.69 Å². The molecule has 3 aromatic rings. The number of rotatable bonds is 6. The number of carbonyl (C=O) groups is 1. The Balaban J connectivity index is 1.95. The number of thioether (sulfide) groups is 1. The molecule has 8 heteroatoms. The van der Waals surface area contributed by atoms with E-state index in [2.05, 4.69) is 15.1 Å². The zero-order chi connectivity index (χ0) is 17.8. The van der Waals surface area contributed by atoms with Crippen LogP contribution in [0.4, 0.5) is 0 Å². The van der Waals surface area contributed by atoms with Gasteiger partial charge in [-0.05, 0) is 37.6 Å². The molecule has 0 fully saturated rings. The predicted molar refractivity (Wildman–Crippen MR) is 98.2 cm³/mol. The van der Waals surface area contributed by atoms with E-state index in [1.807, 2.05) is 19.1 Å². The molecule has 0 N–H and O–H groups in total. The number of nitrogens with zero attached hydrogens (tertiary/aromatic N) is 4. The lowest BCUT2D eigenvalue weighted by Gasteiger charge is -2.12. The van der Waals surface area contributed by atoms with Crippen LogP contribution in [-0.2, 0) is 9.53 Å². The zero-order valence-corrected chi connectivity index (χ0v) is 15.4. The molecule has 0 amide bonds. The number of hydrogen-bond acceptors (Lipinski definition) is 6. The topological polar surface area (TPSA) is 69.9 Å². The van der Waals surface area contributed by atoms with Crippen LogP contribution in [0.3, 0.4) is 0 Å². The maximum Gasteiger partial charge on any atom is 0.319 e. The van der Waals surface area contributed by atoms with E-state index in [1.54, 1.807) is 29.9 Å². The monoisotopic (exact) mass is 376 g/mol. The third-order valence-electron chi connectivity index (χ3n) is 3.57. The van der Waals surface area contributed by atoms with E-state index in [-0.39, 0.29) is 11.2 Å². The molecule has 0 saturated heterocycles. The second-order valence-corrected chi connectivity index (χ2v) is 6.84. The summed E-state index contributed by atoms with van der Waals surface area (Å²) in [6, 6.07) is 7.35. The first-order chi connectivity index (χ1) is 12.1. The SMILES string of the molecule is CCOC(=O)C(CC)Sc1ncnc2c1cnn2-c1ccc(Cl)cc1. The Morgan fingerprint density at radius 2 is 2.04 bits per heavy atom. The number of aromatic nitrogens is 4. The summed E-state index contributed by atoms with van der Waals surface area (Å²) >= 11 is 7.32. The van der Waals surface area contributed by atoms with Crippen LogP contribution in [0.15, 0.2) is 41.8 Å². The Morgan fingerprint density at radius 1 is 1.28 bits per heavy atom. The van der Waals surface area contributed by atoms with Crippen LogP contribution in [0.25, 0.3) is 16.7 Å². The Labute approximate surface area is 154 Å². The van der Waals surface area contributed by atoms with Crippen molar-refractivity contribution in [2.24, 2.45) is 0 Å². The number of carbonyl (C=O) groups excluding carboxylic acids is 1. The quantitative estimate of drug-likeness (QED) is 0.369. The van der Waals surface area contributed by atoms with Crippen LogP contribution in [0, 0.1) is 0 Å². The lowest BCUT2D eigenvalue weighted by molar-refractivity contribution is -0.142. The normalized spacial score (nSPS) is 12.3. The molecule has 0 radical (unpaired) electrons. The molecule has 0 aliphatic carbocycles. The molecule has 0 saturated carbocycles. The summed E-state index contributed by atoms with van der Waals surface area (Å²) in [5.74, 6) is -0.230. The molecule has 2 heterocycles. The van der Waals surface area contributed by atoms with E-state index in [4.69, 9.17) is 16.3 Å². The highest BCUT2D eigenvalue weighted by Crippen LogP contribution is 2.30. The lowest BCUT2D eigenvalue weighted by atomic mass is 10.3. The van der Waals surface area contributed by atoms with Crippen LogP contribution in [0.1, 0.15) is 20.3 Å². The van der Waals surface area contributed by atoms with Gasteiger partial charge in [-0.1, -0.05) is 30.3 Å². The molecule has 0 aliphatic heterocycles. The van der Waals surface area contributed by atoms with Crippen molar-refractivity contribution in [3.63, 3.8) is 0 Å². The summed E-state index contributed by atoms with van der Waals surface area (Å²) in [6.07, 6.45) is 3.85. The standard InChI is InChI=1S/C17H17ClN4O2S/c1-3-14(17(23)24-4-2)25-16-13-9-21-22(15(13)19-10-20-16)12-7-5-11(18)6-8-12/h5-10,14H,3-4H2,1-2H3. The van der Waals surface area contributed by atoms with Gasteiger partial charge < -0.3 is 4.74 Å². The third-order valence-corrected chi connectivity index (χ3v) is 5.19. The van der Waals surface area contributed by atoms with Gasteiger partial charge in [0.15, 0.2) is 5.65 Å². The minimum atomic E-state index is -0.308. The van der Waals surface area contributed by atoms with Crippen molar-refractivity contribution in [3.05, 3.63) is 41.8 Å². The van der Waals surface area contributed by atoms with Gasteiger partial charge in [0.2, 0.25) is 0 Å². The highest BCUT2D eigenvalue weighted by molar-refractivity contribution is 8.00. The molecule has 2 aromatic heterocycles. The van der Waals surface area contributed by atoms with Gasteiger partial charge in [-0.25, -0.2) is 14.6 Å². The van der Waals surface area contributed by atoms with Crippen LogP contribution in [0.5, 0.6) is 0 Å². The third kappa shape index (κ3) is 3.77. The molecule has 6 nitrogen and oxygen atoms in total.